The number of halogens is 1. The van der Waals surface area contributed by atoms with Gasteiger partial charge in [-0.1, -0.05) is 18.2 Å². The van der Waals surface area contributed by atoms with E-state index in [0.29, 0.717) is 36.6 Å². The summed E-state index contributed by atoms with van der Waals surface area (Å²) >= 11 is 0. The van der Waals surface area contributed by atoms with Gasteiger partial charge in [-0.05, 0) is 35.7 Å². The highest BCUT2D eigenvalue weighted by Gasteiger charge is 2.24. The number of carbonyl (C=O) groups is 2. The second-order valence-electron chi connectivity index (χ2n) is 6.59. The van der Waals surface area contributed by atoms with Crippen molar-refractivity contribution < 1.29 is 23.5 Å². The van der Waals surface area contributed by atoms with Crippen molar-refractivity contribution in [2.45, 2.75) is 25.9 Å². The van der Waals surface area contributed by atoms with Crippen LogP contribution < -0.4 is 14.8 Å². The van der Waals surface area contributed by atoms with E-state index in [-0.39, 0.29) is 24.7 Å². The van der Waals surface area contributed by atoms with Crippen LogP contribution in [0.4, 0.5) is 4.39 Å². The molecule has 0 unspecified atom stereocenters. The lowest BCUT2D eigenvalue weighted by Crippen LogP contribution is -2.39. The van der Waals surface area contributed by atoms with Crippen LogP contribution in [0.1, 0.15) is 23.1 Å². The van der Waals surface area contributed by atoms with Crippen LogP contribution in [0, 0.1) is 5.82 Å². The second kappa shape index (κ2) is 8.73. The van der Waals surface area contributed by atoms with Gasteiger partial charge in [0.05, 0.1) is 14.2 Å². The summed E-state index contributed by atoms with van der Waals surface area (Å²) in [5, 5.41) is 2.60. The lowest BCUT2D eigenvalue weighted by atomic mass is 9.98. The topological polar surface area (TPSA) is 67.9 Å². The SMILES string of the molecule is COc1cc2c(cc1OC)CN(C(=O)CC(=O)NCc1ccccc1F)CC2. The van der Waals surface area contributed by atoms with Crippen molar-refractivity contribution in [3.05, 3.63) is 58.9 Å². The minimum atomic E-state index is -0.425. The molecule has 2 aromatic carbocycles. The molecule has 1 aliphatic heterocycles. The van der Waals surface area contributed by atoms with Gasteiger partial charge in [0.1, 0.15) is 12.2 Å². The average molecular weight is 386 g/mol. The van der Waals surface area contributed by atoms with Crippen LogP contribution in [-0.2, 0) is 29.1 Å². The van der Waals surface area contributed by atoms with Crippen LogP contribution in [0.15, 0.2) is 36.4 Å². The maximum Gasteiger partial charge on any atom is 0.232 e. The molecule has 0 aromatic heterocycles. The first-order chi connectivity index (χ1) is 13.5. The van der Waals surface area contributed by atoms with Gasteiger partial charge >= 0.3 is 0 Å². The number of methoxy groups -OCH3 is 2. The molecule has 0 aliphatic carbocycles. The van der Waals surface area contributed by atoms with E-state index in [1.54, 1.807) is 37.3 Å². The Morgan fingerprint density at radius 3 is 2.46 bits per heavy atom. The average Bonchev–Trinajstić information content (AvgIpc) is 2.71. The van der Waals surface area contributed by atoms with E-state index in [9.17, 15) is 14.0 Å². The van der Waals surface area contributed by atoms with Crippen LogP contribution in [0.3, 0.4) is 0 Å². The number of hydrogen-bond acceptors (Lipinski definition) is 4. The summed E-state index contributed by atoms with van der Waals surface area (Å²) in [4.78, 5) is 26.3. The molecule has 6 nitrogen and oxygen atoms in total. The maximum absolute atomic E-state index is 13.6. The highest BCUT2D eigenvalue weighted by Crippen LogP contribution is 2.33. The highest BCUT2D eigenvalue weighted by molar-refractivity contribution is 5.96. The Balaban J connectivity index is 1.58. The Kier molecular flexibility index (Phi) is 6.13. The smallest absolute Gasteiger partial charge is 0.232 e. The third-order valence-corrected chi connectivity index (χ3v) is 4.82. The fourth-order valence-corrected chi connectivity index (χ4v) is 3.24. The van der Waals surface area contributed by atoms with Crippen molar-refractivity contribution in [3.63, 3.8) is 0 Å². The number of nitrogens with one attached hydrogen (secondary N) is 1. The zero-order chi connectivity index (χ0) is 20.1. The Hall–Kier alpha value is -3.09. The Morgan fingerprint density at radius 1 is 1.11 bits per heavy atom. The molecular formula is C21H23FN2O4. The van der Waals surface area contributed by atoms with Crippen molar-refractivity contribution >= 4 is 11.8 Å². The van der Waals surface area contributed by atoms with Crippen molar-refractivity contribution in [1.82, 2.24) is 10.2 Å². The van der Waals surface area contributed by atoms with Gasteiger partial charge in [0.2, 0.25) is 11.8 Å². The van der Waals surface area contributed by atoms with Crippen LogP contribution in [-0.4, -0.2) is 37.5 Å². The van der Waals surface area contributed by atoms with Gasteiger partial charge in [0, 0.05) is 25.2 Å². The molecule has 2 amide bonds. The molecule has 28 heavy (non-hydrogen) atoms. The van der Waals surface area contributed by atoms with E-state index >= 15 is 0 Å². The zero-order valence-corrected chi connectivity index (χ0v) is 16.0. The Labute approximate surface area is 163 Å². The van der Waals surface area contributed by atoms with Gasteiger partial charge in [-0.25, -0.2) is 4.39 Å². The van der Waals surface area contributed by atoms with Gasteiger partial charge in [-0.2, -0.15) is 0 Å². The number of rotatable bonds is 6. The van der Waals surface area contributed by atoms with Crippen LogP contribution >= 0.6 is 0 Å². The number of fused-ring (bicyclic) bond motifs is 1. The summed E-state index contributed by atoms with van der Waals surface area (Å²) in [5.41, 5.74) is 2.46. The normalized spacial score (nSPS) is 12.9. The van der Waals surface area contributed by atoms with Gasteiger partial charge in [0.25, 0.3) is 0 Å². The molecule has 0 saturated carbocycles. The predicted molar refractivity (Wildman–Crippen MR) is 102 cm³/mol. The molecule has 1 heterocycles. The Morgan fingerprint density at radius 2 is 1.79 bits per heavy atom. The first-order valence-electron chi connectivity index (χ1n) is 9.03. The molecule has 0 radical (unpaired) electrons. The molecule has 2 aromatic rings. The minimum absolute atomic E-state index is 0.0542. The first kappa shape index (κ1) is 19.7. The largest absolute Gasteiger partial charge is 0.493 e. The van der Waals surface area contributed by atoms with E-state index in [1.165, 1.54) is 6.07 Å². The third kappa shape index (κ3) is 4.42. The number of ether oxygens (including phenoxy) is 2. The number of nitrogens with zero attached hydrogens (tertiary/aromatic N) is 1. The maximum atomic E-state index is 13.6. The van der Waals surface area contributed by atoms with E-state index in [0.717, 1.165) is 11.1 Å². The summed E-state index contributed by atoms with van der Waals surface area (Å²) in [6, 6.07) is 10.0. The van der Waals surface area contributed by atoms with Gasteiger partial charge in [-0.15, -0.1) is 0 Å². The van der Waals surface area contributed by atoms with Gasteiger partial charge < -0.3 is 19.7 Å². The lowest BCUT2D eigenvalue weighted by molar-refractivity contribution is -0.136. The van der Waals surface area contributed by atoms with E-state index in [2.05, 4.69) is 5.32 Å². The Bertz CT molecular complexity index is 885. The number of benzene rings is 2. The van der Waals surface area contributed by atoms with E-state index in [4.69, 9.17) is 9.47 Å². The van der Waals surface area contributed by atoms with Crippen molar-refractivity contribution in [3.8, 4) is 11.5 Å². The molecular weight excluding hydrogens is 363 g/mol. The van der Waals surface area contributed by atoms with E-state index < -0.39 is 5.91 Å². The summed E-state index contributed by atoms with van der Waals surface area (Å²) in [5.74, 6) is 0.204. The number of hydrogen-bond donors (Lipinski definition) is 1. The van der Waals surface area contributed by atoms with Crippen LogP contribution in [0.25, 0.3) is 0 Å². The van der Waals surface area contributed by atoms with E-state index in [1.807, 2.05) is 12.1 Å². The van der Waals surface area contributed by atoms with Crippen molar-refractivity contribution in [1.29, 1.82) is 0 Å². The standard InChI is InChI=1S/C21H23FN2O4/c1-27-18-9-14-7-8-24(13-16(14)10-19(18)28-2)21(26)11-20(25)23-12-15-5-3-4-6-17(15)22/h3-6,9-10H,7-8,11-13H2,1-2H3,(H,23,25). The number of amides is 2. The number of carbonyl (C=O) groups excluding carboxylic acids is 2. The molecule has 1 N–H and O–H groups in total. The fraction of sp³-hybridized carbons (Fsp3) is 0.333. The molecule has 0 bridgehead atoms. The van der Waals surface area contributed by atoms with Crippen molar-refractivity contribution in [2.24, 2.45) is 0 Å². The molecule has 0 fully saturated rings. The zero-order valence-electron chi connectivity index (χ0n) is 16.0. The second-order valence-corrected chi connectivity index (χ2v) is 6.59. The monoisotopic (exact) mass is 386 g/mol. The van der Waals surface area contributed by atoms with Crippen molar-refractivity contribution in [2.75, 3.05) is 20.8 Å². The quantitative estimate of drug-likeness (QED) is 0.775. The molecule has 148 valence electrons. The van der Waals surface area contributed by atoms with Gasteiger partial charge in [-0.3, -0.25) is 9.59 Å². The predicted octanol–water partition coefficient (Wildman–Crippen LogP) is 2.43. The van der Waals surface area contributed by atoms with Crippen LogP contribution in [0.2, 0.25) is 0 Å². The lowest BCUT2D eigenvalue weighted by Gasteiger charge is -2.29. The molecule has 0 spiro atoms. The summed E-state index contributed by atoms with van der Waals surface area (Å²) in [6.07, 6.45) is 0.412. The van der Waals surface area contributed by atoms with Crippen LogP contribution in [0.5, 0.6) is 11.5 Å². The fourth-order valence-electron chi connectivity index (χ4n) is 3.24. The molecule has 1 aliphatic rings. The summed E-state index contributed by atoms with van der Waals surface area (Å²) in [6.45, 7) is 0.996. The van der Waals surface area contributed by atoms with Gasteiger partial charge in [0.15, 0.2) is 11.5 Å². The molecule has 0 saturated heterocycles. The summed E-state index contributed by atoms with van der Waals surface area (Å²) < 4.78 is 24.2. The molecule has 7 heteroatoms. The third-order valence-electron chi connectivity index (χ3n) is 4.82. The molecule has 3 rings (SSSR count). The first-order valence-corrected chi connectivity index (χ1v) is 9.03. The minimum Gasteiger partial charge on any atom is -0.493 e. The highest BCUT2D eigenvalue weighted by atomic mass is 19.1. The summed E-state index contributed by atoms with van der Waals surface area (Å²) in [7, 11) is 3.15. The molecule has 0 atom stereocenters.